The van der Waals surface area contributed by atoms with Crippen molar-refractivity contribution in [2.75, 3.05) is 17.2 Å². The van der Waals surface area contributed by atoms with Gasteiger partial charge in [-0.1, -0.05) is 49.2 Å². The standard InChI is InChI=1S/C17H18Cl2N2O/c1-11(2)12-3-5-15(6-4-12)21-17(22)10-20-16-8-13(18)7-14(19)9-16/h3-9,11,20H,10H2,1-2H3,(H,21,22). The molecule has 0 saturated heterocycles. The van der Waals surface area contributed by atoms with Crippen LogP contribution in [0.5, 0.6) is 0 Å². The largest absolute Gasteiger partial charge is 0.376 e. The molecule has 0 unspecified atom stereocenters. The summed E-state index contributed by atoms with van der Waals surface area (Å²) in [6, 6.07) is 12.9. The summed E-state index contributed by atoms with van der Waals surface area (Å²) in [5, 5.41) is 6.89. The van der Waals surface area contributed by atoms with Crippen molar-refractivity contribution in [3.05, 3.63) is 58.1 Å². The quantitative estimate of drug-likeness (QED) is 0.790. The van der Waals surface area contributed by atoms with Gasteiger partial charge in [-0.3, -0.25) is 4.79 Å². The molecule has 0 heterocycles. The smallest absolute Gasteiger partial charge is 0.243 e. The molecule has 22 heavy (non-hydrogen) atoms. The first-order valence-corrected chi connectivity index (χ1v) is 7.79. The average molecular weight is 337 g/mol. The molecule has 0 bridgehead atoms. The SMILES string of the molecule is CC(C)c1ccc(NC(=O)CNc2cc(Cl)cc(Cl)c2)cc1. The van der Waals surface area contributed by atoms with Gasteiger partial charge in [0.05, 0.1) is 6.54 Å². The second-order valence-corrected chi connectivity index (χ2v) is 6.21. The van der Waals surface area contributed by atoms with E-state index >= 15 is 0 Å². The molecule has 2 aromatic carbocycles. The van der Waals surface area contributed by atoms with Crippen LogP contribution < -0.4 is 10.6 Å². The Bertz CT molecular complexity index is 634. The van der Waals surface area contributed by atoms with E-state index < -0.39 is 0 Å². The molecule has 2 rings (SSSR count). The lowest BCUT2D eigenvalue weighted by Crippen LogP contribution is -2.21. The van der Waals surface area contributed by atoms with Crippen LogP contribution in [0.1, 0.15) is 25.3 Å². The molecular weight excluding hydrogens is 319 g/mol. The summed E-state index contributed by atoms with van der Waals surface area (Å²) in [5.74, 6) is 0.340. The van der Waals surface area contributed by atoms with Gasteiger partial charge in [-0.15, -0.1) is 0 Å². The summed E-state index contributed by atoms with van der Waals surface area (Å²) in [5.41, 5.74) is 2.73. The first kappa shape index (κ1) is 16.7. The van der Waals surface area contributed by atoms with Gasteiger partial charge < -0.3 is 10.6 Å². The monoisotopic (exact) mass is 336 g/mol. The Hall–Kier alpha value is -1.71. The van der Waals surface area contributed by atoms with Gasteiger partial charge in [0, 0.05) is 21.4 Å². The minimum absolute atomic E-state index is 0.131. The third-order valence-electron chi connectivity index (χ3n) is 3.18. The number of hydrogen-bond acceptors (Lipinski definition) is 2. The number of halogens is 2. The first-order chi connectivity index (χ1) is 10.4. The molecule has 1 amide bonds. The predicted molar refractivity (Wildman–Crippen MR) is 94.1 cm³/mol. The number of hydrogen-bond donors (Lipinski definition) is 2. The van der Waals surface area contributed by atoms with Crippen LogP contribution in [0, 0.1) is 0 Å². The van der Waals surface area contributed by atoms with Crippen molar-refractivity contribution < 1.29 is 4.79 Å². The molecule has 0 atom stereocenters. The van der Waals surface area contributed by atoms with Crippen LogP contribution >= 0.6 is 23.2 Å². The van der Waals surface area contributed by atoms with Crippen molar-refractivity contribution in [2.24, 2.45) is 0 Å². The molecule has 2 aromatic rings. The van der Waals surface area contributed by atoms with Gasteiger partial charge in [-0.05, 0) is 41.8 Å². The maximum atomic E-state index is 11.9. The number of anilines is 2. The van der Waals surface area contributed by atoms with Crippen molar-refractivity contribution >= 4 is 40.5 Å². The highest BCUT2D eigenvalue weighted by Crippen LogP contribution is 2.22. The van der Waals surface area contributed by atoms with E-state index in [-0.39, 0.29) is 12.5 Å². The molecule has 0 aromatic heterocycles. The summed E-state index contributed by atoms with van der Waals surface area (Å²) >= 11 is 11.8. The molecule has 0 aliphatic heterocycles. The van der Waals surface area contributed by atoms with Gasteiger partial charge >= 0.3 is 0 Å². The fourth-order valence-electron chi connectivity index (χ4n) is 1.99. The zero-order valence-corrected chi connectivity index (χ0v) is 14.0. The molecular formula is C17H18Cl2N2O. The van der Waals surface area contributed by atoms with E-state index in [1.54, 1.807) is 18.2 Å². The topological polar surface area (TPSA) is 41.1 Å². The zero-order valence-electron chi connectivity index (χ0n) is 12.5. The Morgan fingerprint density at radius 1 is 1.00 bits per heavy atom. The van der Waals surface area contributed by atoms with Gasteiger partial charge in [-0.2, -0.15) is 0 Å². The fourth-order valence-corrected chi connectivity index (χ4v) is 2.52. The Morgan fingerprint density at radius 3 is 2.14 bits per heavy atom. The van der Waals surface area contributed by atoms with E-state index in [1.807, 2.05) is 24.3 Å². The highest BCUT2D eigenvalue weighted by atomic mass is 35.5. The van der Waals surface area contributed by atoms with E-state index in [0.717, 1.165) is 5.69 Å². The lowest BCUT2D eigenvalue weighted by molar-refractivity contribution is -0.114. The lowest BCUT2D eigenvalue weighted by atomic mass is 10.0. The fraction of sp³-hybridized carbons (Fsp3) is 0.235. The van der Waals surface area contributed by atoms with Gasteiger partial charge in [0.2, 0.25) is 5.91 Å². The Labute approximate surface area is 140 Å². The van der Waals surface area contributed by atoms with Gasteiger partial charge in [0.25, 0.3) is 0 Å². The van der Waals surface area contributed by atoms with Crippen molar-refractivity contribution in [1.29, 1.82) is 0 Å². The Morgan fingerprint density at radius 2 is 1.59 bits per heavy atom. The number of carbonyl (C=O) groups is 1. The second-order valence-electron chi connectivity index (χ2n) is 5.34. The van der Waals surface area contributed by atoms with Gasteiger partial charge in [-0.25, -0.2) is 0 Å². The molecule has 0 aliphatic carbocycles. The third kappa shape index (κ3) is 4.93. The number of rotatable bonds is 5. The molecule has 0 spiro atoms. The molecule has 5 heteroatoms. The highest BCUT2D eigenvalue weighted by molar-refractivity contribution is 6.35. The Kier molecular flexibility index (Phi) is 5.69. The summed E-state index contributed by atoms with van der Waals surface area (Å²) in [6.45, 7) is 4.41. The van der Waals surface area contributed by atoms with Crippen LogP contribution in [0.25, 0.3) is 0 Å². The van der Waals surface area contributed by atoms with Crippen LogP contribution in [0.4, 0.5) is 11.4 Å². The van der Waals surface area contributed by atoms with Crippen LogP contribution in [0.3, 0.4) is 0 Å². The predicted octanol–water partition coefficient (Wildman–Crippen LogP) is 5.17. The number of nitrogens with one attached hydrogen (secondary N) is 2. The minimum Gasteiger partial charge on any atom is -0.376 e. The summed E-state index contributed by atoms with van der Waals surface area (Å²) < 4.78 is 0. The second kappa shape index (κ2) is 7.52. The molecule has 0 fully saturated rings. The van der Waals surface area contributed by atoms with Crippen LogP contribution in [-0.4, -0.2) is 12.5 Å². The van der Waals surface area contributed by atoms with Crippen molar-refractivity contribution in [3.8, 4) is 0 Å². The highest BCUT2D eigenvalue weighted by Gasteiger charge is 2.05. The van der Waals surface area contributed by atoms with E-state index in [2.05, 4.69) is 24.5 Å². The van der Waals surface area contributed by atoms with Crippen molar-refractivity contribution in [3.63, 3.8) is 0 Å². The molecule has 3 nitrogen and oxygen atoms in total. The molecule has 0 radical (unpaired) electrons. The van der Waals surface area contributed by atoms with E-state index in [4.69, 9.17) is 23.2 Å². The van der Waals surface area contributed by atoms with E-state index in [1.165, 1.54) is 5.56 Å². The normalized spacial score (nSPS) is 10.6. The first-order valence-electron chi connectivity index (χ1n) is 7.04. The number of benzene rings is 2. The van der Waals surface area contributed by atoms with Crippen molar-refractivity contribution in [1.82, 2.24) is 0 Å². The summed E-state index contributed by atoms with van der Waals surface area (Å²) in [7, 11) is 0. The minimum atomic E-state index is -0.131. The van der Waals surface area contributed by atoms with E-state index in [9.17, 15) is 4.79 Å². The van der Waals surface area contributed by atoms with Gasteiger partial charge in [0.1, 0.15) is 0 Å². The molecule has 0 saturated carbocycles. The molecule has 0 aliphatic rings. The van der Waals surface area contributed by atoms with Gasteiger partial charge in [0.15, 0.2) is 0 Å². The van der Waals surface area contributed by atoms with Crippen LogP contribution in [0.15, 0.2) is 42.5 Å². The lowest BCUT2D eigenvalue weighted by Gasteiger charge is -2.10. The Balaban J connectivity index is 1.90. The van der Waals surface area contributed by atoms with Crippen LogP contribution in [0.2, 0.25) is 10.0 Å². The maximum Gasteiger partial charge on any atom is 0.243 e. The maximum absolute atomic E-state index is 11.9. The third-order valence-corrected chi connectivity index (χ3v) is 3.61. The average Bonchev–Trinajstić information content (AvgIpc) is 2.45. The number of amides is 1. The summed E-state index contributed by atoms with van der Waals surface area (Å²) in [4.78, 5) is 11.9. The summed E-state index contributed by atoms with van der Waals surface area (Å²) in [6.07, 6.45) is 0. The number of carbonyl (C=O) groups excluding carboxylic acids is 1. The zero-order chi connectivity index (χ0) is 16.1. The van der Waals surface area contributed by atoms with Crippen LogP contribution in [-0.2, 0) is 4.79 Å². The van der Waals surface area contributed by atoms with Crippen molar-refractivity contribution in [2.45, 2.75) is 19.8 Å². The van der Waals surface area contributed by atoms with E-state index in [0.29, 0.717) is 21.7 Å². The molecule has 2 N–H and O–H groups in total. The molecule has 116 valence electrons.